The fourth-order valence-electron chi connectivity index (χ4n) is 2.18. The molecule has 0 saturated carbocycles. The molecule has 0 aliphatic heterocycles. The molecule has 2 N–H and O–H groups in total. The zero-order valence-corrected chi connectivity index (χ0v) is 12.3. The van der Waals surface area contributed by atoms with Crippen molar-refractivity contribution in [2.45, 2.75) is 32.4 Å². The highest BCUT2D eigenvalue weighted by Gasteiger charge is 2.23. The minimum atomic E-state index is -0.376. The fraction of sp³-hybridized carbons (Fsp3) is 0.400. The Morgan fingerprint density at radius 3 is 2.86 bits per heavy atom. The van der Waals surface area contributed by atoms with Crippen molar-refractivity contribution in [3.05, 3.63) is 48.0 Å². The number of rotatable bonds is 6. The van der Waals surface area contributed by atoms with Crippen LogP contribution in [-0.2, 0) is 4.74 Å². The van der Waals surface area contributed by atoms with Gasteiger partial charge in [-0.15, -0.1) is 0 Å². The fourth-order valence-corrected chi connectivity index (χ4v) is 2.18. The molecule has 2 aromatic rings. The molecule has 0 bridgehead atoms. The van der Waals surface area contributed by atoms with Crippen molar-refractivity contribution in [1.82, 2.24) is 14.8 Å². The van der Waals surface area contributed by atoms with Crippen molar-refractivity contribution >= 4 is 5.97 Å². The van der Waals surface area contributed by atoms with Crippen LogP contribution in [0.15, 0.2) is 36.9 Å². The van der Waals surface area contributed by atoms with Gasteiger partial charge < -0.3 is 10.5 Å². The number of esters is 1. The van der Waals surface area contributed by atoms with Gasteiger partial charge in [0.15, 0.2) is 0 Å². The summed E-state index contributed by atoms with van der Waals surface area (Å²) in [6.45, 7) is 4.13. The van der Waals surface area contributed by atoms with Gasteiger partial charge in [-0.3, -0.25) is 9.67 Å². The monoisotopic (exact) mass is 288 g/mol. The third-order valence-corrected chi connectivity index (χ3v) is 3.30. The molecular weight excluding hydrogens is 268 g/mol. The van der Waals surface area contributed by atoms with E-state index in [4.69, 9.17) is 10.5 Å². The third kappa shape index (κ3) is 3.46. The Balaban J connectivity index is 2.32. The van der Waals surface area contributed by atoms with Crippen LogP contribution in [0.1, 0.15) is 42.2 Å². The summed E-state index contributed by atoms with van der Waals surface area (Å²) in [6.07, 6.45) is 7.44. The highest BCUT2D eigenvalue weighted by Crippen LogP contribution is 2.22. The molecule has 0 saturated heterocycles. The summed E-state index contributed by atoms with van der Waals surface area (Å²) in [7, 11) is 0. The Morgan fingerprint density at radius 2 is 2.24 bits per heavy atom. The van der Waals surface area contributed by atoms with E-state index in [0.717, 1.165) is 12.0 Å². The second kappa shape index (κ2) is 6.99. The number of pyridine rings is 1. The molecule has 0 aliphatic carbocycles. The van der Waals surface area contributed by atoms with Gasteiger partial charge in [0.05, 0.1) is 24.4 Å². The predicted octanol–water partition coefficient (Wildman–Crippen LogP) is 1.78. The first-order chi connectivity index (χ1) is 10.2. The van der Waals surface area contributed by atoms with Gasteiger partial charge in [0.1, 0.15) is 0 Å². The molecule has 0 spiro atoms. The summed E-state index contributed by atoms with van der Waals surface area (Å²) in [5.74, 6) is -0.376. The SMILES string of the molecule is CCOC(=O)c1cnn(C(c2cccnc2)C(N)CC)c1. The van der Waals surface area contributed by atoms with Crippen LogP contribution in [-0.4, -0.2) is 33.4 Å². The molecule has 2 aromatic heterocycles. The molecule has 0 amide bonds. The summed E-state index contributed by atoms with van der Waals surface area (Å²) in [4.78, 5) is 15.9. The summed E-state index contributed by atoms with van der Waals surface area (Å²) in [5, 5.41) is 4.27. The van der Waals surface area contributed by atoms with E-state index in [9.17, 15) is 4.79 Å². The molecule has 6 heteroatoms. The number of carbonyl (C=O) groups excluding carboxylic acids is 1. The van der Waals surface area contributed by atoms with Crippen molar-refractivity contribution in [2.75, 3.05) is 6.61 Å². The third-order valence-electron chi connectivity index (χ3n) is 3.30. The second-order valence-corrected chi connectivity index (χ2v) is 4.73. The van der Waals surface area contributed by atoms with Gasteiger partial charge in [-0.25, -0.2) is 4.79 Å². The predicted molar refractivity (Wildman–Crippen MR) is 78.8 cm³/mol. The Morgan fingerprint density at radius 1 is 1.43 bits per heavy atom. The quantitative estimate of drug-likeness (QED) is 0.819. The van der Waals surface area contributed by atoms with Gasteiger partial charge in [-0.1, -0.05) is 13.0 Å². The van der Waals surface area contributed by atoms with E-state index < -0.39 is 0 Å². The smallest absolute Gasteiger partial charge is 0.341 e. The number of nitrogens with two attached hydrogens (primary N) is 1. The van der Waals surface area contributed by atoms with Crippen molar-refractivity contribution < 1.29 is 9.53 Å². The second-order valence-electron chi connectivity index (χ2n) is 4.73. The molecule has 112 valence electrons. The molecule has 2 atom stereocenters. The first-order valence-electron chi connectivity index (χ1n) is 7.04. The molecule has 21 heavy (non-hydrogen) atoms. The van der Waals surface area contributed by atoms with Crippen LogP contribution >= 0.6 is 0 Å². The zero-order chi connectivity index (χ0) is 15.2. The summed E-state index contributed by atoms with van der Waals surface area (Å²) in [6, 6.07) is 3.54. The number of carbonyl (C=O) groups is 1. The zero-order valence-electron chi connectivity index (χ0n) is 12.3. The Kier molecular flexibility index (Phi) is 5.05. The molecule has 0 fully saturated rings. The van der Waals surface area contributed by atoms with E-state index in [0.29, 0.717) is 12.2 Å². The summed E-state index contributed by atoms with van der Waals surface area (Å²) in [5.41, 5.74) is 7.61. The highest BCUT2D eigenvalue weighted by atomic mass is 16.5. The number of hydrogen-bond donors (Lipinski definition) is 1. The van der Waals surface area contributed by atoms with Crippen LogP contribution in [0, 0.1) is 0 Å². The minimum Gasteiger partial charge on any atom is -0.462 e. The standard InChI is InChI=1S/C15H20N4O2/c1-3-13(16)14(11-6-5-7-17-8-11)19-10-12(9-18-19)15(20)21-4-2/h5-10,13-14H,3-4,16H2,1-2H3. The van der Waals surface area contributed by atoms with E-state index in [1.165, 1.54) is 6.20 Å². The van der Waals surface area contributed by atoms with Crippen LogP contribution in [0.4, 0.5) is 0 Å². The lowest BCUT2D eigenvalue weighted by Crippen LogP contribution is -2.33. The lowest BCUT2D eigenvalue weighted by atomic mass is 10.00. The van der Waals surface area contributed by atoms with Gasteiger partial charge >= 0.3 is 5.97 Å². The van der Waals surface area contributed by atoms with Crippen molar-refractivity contribution in [1.29, 1.82) is 0 Å². The topological polar surface area (TPSA) is 83.0 Å². The number of hydrogen-bond acceptors (Lipinski definition) is 5. The average Bonchev–Trinajstić information content (AvgIpc) is 2.98. The van der Waals surface area contributed by atoms with Gasteiger partial charge in [0.2, 0.25) is 0 Å². The van der Waals surface area contributed by atoms with E-state index >= 15 is 0 Å². The van der Waals surface area contributed by atoms with Crippen molar-refractivity contribution in [2.24, 2.45) is 5.73 Å². The van der Waals surface area contributed by atoms with Gasteiger partial charge in [-0.2, -0.15) is 5.10 Å². The molecule has 2 rings (SSSR count). The minimum absolute atomic E-state index is 0.121. The van der Waals surface area contributed by atoms with Crippen molar-refractivity contribution in [3.63, 3.8) is 0 Å². The van der Waals surface area contributed by atoms with Crippen molar-refractivity contribution in [3.8, 4) is 0 Å². The normalized spacial score (nSPS) is 13.7. The lowest BCUT2D eigenvalue weighted by Gasteiger charge is -2.23. The molecule has 2 unspecified atom stereocenters. The Labute approximate surface area is 123 Å². The maximum absolute atomic E-state index is 11.7. The maximum Gasteiger partial charge on any atom is 0.341 e. The molecular formula is C15H20N4O2. The van der Waals surface area contributed by atoms with E-state index in [1.807, 2.05) is 19.1 Å². The van der Waals surface area contributed by atoms with Crippen LogP contribution in [0.25, 0.3) is 0 Å². The van der Waals surface area contributed by atoms with E-state index in [2.05, 4.69) is 10.1 Å². The number of nitrogens with zero attached hydrogens (tertiary/aromatic N) is 3. The van der Waals surface area contributed by atoms with Gasteiger partial charge in [0, 0.05) is 24.6 Å². The summed E-state index contributed by atoms with van der Waals surface area (Å²) < 4.78 is 6.68. The first kappa shape index (κ1) is 15.2. The molecule has 0 radical (unpaired) electrons. The molecule has 0 aliphatic rings. The van der Waals surface area contributed by atoms with Crippen LogP contribution < -0.4 is 5.73 Å². The Bertz CT molecular complexity index is 582. The van der Waals surface area contributed by atoms with Gasteiger partial charge in [0.25, 0.3) is 0 Å². The molecule has 6 nitrogen and oxygen atoms in total. The number of ether oxygens (including phenoxy) is 1. The Hall–Kier alpha value is -2.21. The van der Waals surface area contributed by atoms with Crippen LogP contribution in [0.5, 0.6) is 0 Å². The average molecular weight is 288 g/mol. The lowest BCUT2D eigenvalue weighted by molar-refractivity contribution is 0.0526. The molecule has 0 aromatic carbocycles. The highest BCUT2D eigenvalue weighted by molar-refractivity contribution is 5.88. The van der Waals surface area contributed by atoms with E-state index in [1.54, 1.807) is 30.2 Å². The van der Waals surface area contributed by atoms with Gasteiger partial charge in [-0.05, 0) is 25.0 Å². The van der Waals surface area contributed by atoms with E-state index in [-0.39, 0.29) is 18.1 Å². The number of aromatic nitrogens is 3. The maximum atomic E-state index is 11.7. The van der Waals surface area contributed by atoms with Crippen LogP contribution in [0.3, 0.4) is 0 Å². The van der Waals surface area contributed by atoms with Crippen LogP contribution in [0.2, 0.25) is 0 Å². The largest absolute Gasteiger partial charge is 0.462 e. The summed E-state index contributed by atoms with van der Waals surface area (Å²) >= 11 is 0. The molecule has 2 heterocycles. The first-order valence-corrected chi connectivity index (χ1v) is 7.04.